The Morgan fingerprint density at radius 2 is 2.05 bits per heavy atom. The van der Waals surface area contributed by atoms with E-state index < -0.39 is 0 Å². The van der Waals surface area contributed by atoms with Crippen LogP contribution in [0.5, 0.6) is 0 Å². The molecule has 0 amide bonds. The highest BCUT2D eigenvalue weighted by atomic mass is 79.9. The second-order valence-electron chi connectivity index (χ2n) is 5.44. The molecule has 0 aliphatic rings. The van der Waals surface area contributed by atoms with Gasteiger partial charge in [-0.05, 0) is 49.1 Å². The van der Waals surface area contributed by atoms with Gasteiger partial charge >= 0.3 is 0 Å². The van der Waals surface area contributed by atoms with Crippen LogP contribution in [0.1, 0.15) is 32.8 Å². The van der Waals surface area contributed by atoms with Gasteiger partial charge in [0.15, 0.2) is 0 Å². The highest BCUT2D eigenvalue weighted by Crippen LogP contribution is 2.20. The topological polar surface area (TPSA) is 21.3 Å². The van der Waals surface area contributed by atoms with E-state index in [1.54, 1.807) is 13.2 Å². The molecule has 4 heteroatoms. The number of hydrogen-bond acceptors (Lipinski definition) is 2. The summed E-state index contributed by atoms with van der Waals surface area (Å²) in [6, 6.07) is 5.20. The summed E-state index contributed by atoms with van der Waals surface area (Å²) in [6.45, 7) is 7.30. The summed E-state index contributed by atoms with van der Waals surface area (Å²) < 4.78 is 20.5. The van der Waals surface area contributed by atoms with Gasteiger partial charge in [-0.15, -0.1) is 0 Å². The number of nitrogens with one attached hydrogen (secondary N) is 1. The summed E-state index contributed by atoms with van der Waals surface area (Å²) in [7, 11) is 1.72. The molecule has 0 spiro atoms. The lowest BCUT2D eigenvalue weighted by atomic mass is 9.93. The summed E-state index contributed by atoms with van der Waals surface area (Å²) in [5.74, 6) is 0.222. The summed E-state index contributed by atoms with van der Waals surface area (Å²) in [6.07, 6.45) is 1.74. The third-order valence-electron chi connectivity index (χ3n) is 3.43. The monoisotopic (exact) mass is 345 g/mol. The summed E-state index contributed by atoms with van der Waals surface area (Å²) >= 11 is 3.40. The second-order valence-corrected chi connectivity index (χ2v) is 6.36. The van der Waals surface area contributed by atoms with E-state index in [-0.39, 0.29) is 18.0 Å². The van der Waals surface area contributed by atoms with Crippen molar-refractivity contribution in [2.24, 2.45) is 5.92 Å². The number of hydrogen-bond donors (Lipinski definition) is 1. The standard InChI is InChI=1S/C16H25BrFNO/c1-5-8-19-15(16(20-4)11(2)3)10-12-9-13(17)6-7-14(12)18/h6-7,9,11,15-16,19H,5,8,10H2,1-4H3. The first kappa shape index (κ1) is 17.6. The van der Waals surface area contributed by atoms with Crippen LogP contribution in [0.4, 0.5) is 4.39 Å². The first-order chi connectivity index (χ1) is 9.49. The van der Waals surface area contributed by atoms with Gasteiger partial charge in [-0.1, -0.05) is 36.7 Å². The average molecular weight is 346 g/mol. The number of halogens is 2. The zero-order chi connectivity index (χ0) is 15.1. The van der Waals surface area contributed by atoms with Gasteiger partial charge in [0.05, 0.1) is 6.10 Å². The summed E-state index contributed by atoms with van der Waals surface area (Å²) in [4.78, 5) is 0. The van der Waals surface area contributed by atoms with E-state index in [1.165, 1.54) is 6.07 Å². The fourth-order valence-corrected chi connectivity index (χ4v) is 2.88. The normalized spacial score (nSPS) is 14.6. The minimum Gasteiger partial charge on any atom is -0.380 e. The highest BCUT2D eigenvalue weighted by Gasteiger charge is 2.25. The van der Waals surface area contributed by atoms with Crippen LogP contribution in [-0.2, 0) is 11.2 Å². The Bertz CT molecular complexity index is 411. The fraction of sp³-hybridized carbons (Fsp3) is 0.625. The van der Waals surface area contributed by atoms with E-state index in [0.29, 0.717) is 12.3 Å². The second kappa shape index (κ2) is 8.75. The van der Waals surface area contributed by atoms with Crippen molar-refractivity contribution in [3.8, 4) is 0 Å². The van der Waals surface area contributed by atoms with Crippen molar-refractivity contribution in [1.29, 1.82) is 0 Å². The molecule has 2 nitrogen and oxygen atoms in total. The molecular weight excluding hydrogens is 321 g/mol. The van der Waals surface area contributed by atoms with Crippen molar-refractivity contribution in [3.05, 3.63) is 34.1 Å². The molecule has 114 valence electrons. The van der Waals surface area contributed by atoms with Crippen molar-refractivity contribution < 1.29 is 9.13 Å². The van der Waals surface area contributed by atoms with E-state index >= 15 is 0 Å². The van der Waals surface area contributed by atoms with Gasteiger partial charge < -0.3 is 10.1 Å². The molecule has 2 atom stereocenters. The molecule has 0 bridgehead atoms. The number of benzene rings is 1. The number of ether oxygens (including phenoxy) is 1. The van der Waals surface area contributed by atoms with Gasteiger partial charge in [-0.2, -0.15) is 0 Å². The Morgan fingerprint density at radius 1 is 1.35 bits per heavy atom. The zero-order valence-corrected chi connectivity index (χ0v) is 14.3. The van der Waals surface area contributed by atoms with E-state index in [1.807, 2.05) is 6.07 Å². The van der Waals surface area contributed by atoms with Gasteiger partial charge in [0.2, 0.25) is 0 Å². The van der Waals surface area contributed by atoms with Crippen LogP contribution in [0.2, 0.25) is 0 Å². The third kappa shape index (κ3) is 5.15. The smallest absolute Gasteiger partial charge is 0.126 e. The summed E-state index contributed by atoms with van der Waals surface area (Å²) in [5, 5.41) is 3.49. The maximum atomic E-state index is 13.9. The molecule has 0 radical (unpaired) electrons. The Hall–Kier alpha value is -0.450. The van der Waals surface area contributed by atoms with Crippen molar-refractivity contribution in [1.82, 2.24) is 5.32 Å². The fourth-order valence-electron chi connectivity index (χ4n) is 2.47. The SMILES string of the molecule is CCCNC(Cc1cc(Br)ccc1F)C(OC)C(C)C. The Morgan fingerprint density at radius 3 is 2.60 bits per heavy atom. The van der Waals surface area contributed by atoms with Crippen LogP contribution in [-0.4, -0.2) is 25.8 Å². The first-order valence-electron chi connectivity index (χ1n) is 7.19. The van der Waals surface area contributed by atoms with E-state index in [2.05, 4.69) is 42.0 Å². The van der Waals surface area contributed by atoms with Crippen LogP contribution >= 0.6 is 15.9 Å². The minimum atomic E-state index is -0.157. The molecule has 0 heterocycles. The van der Waals surface area contributed by atoms with Gasteiger partial charge in [-0.3, -0.25) is 0 Å². The van der Waals surface area contributed by atoms with Crippen molar-refractivity contribution in [3.63, 3.8) is 0 Å². The van der Waals surface area contributed by atoms with E-state index in [9.17, 15) is 4.39 Å². The molecule has 0 aliphatic heterocycles. The Balaban J connectivity index is 2.90. The molecule has 1 rings (SSSR count). The molecule has 1 aromatic carbocycles. The summed E-state index contributed by atoms with van der Waals surface area (Å²) in [5.41, 5.74) is 0.718. The van der Waals surface area contributed by atoms with Crippen LogP contribution in [0.25, 0.3) is 0 Å². The van der Waals surface area contributed by atoms with E-state index in [0.717, 1.165) is 23.0 Å². The van der Waals surface area contributed by atoms with Crippen LogP contribution < -0.4 is 5.32 Å². The molecule has 1 aromatic rings. The lowest BCUT2D eigenvalue weighted by molar-refractivity contribution is 0.0330. The maximum absolute atomic E-state index is 13.9. The number of rotatable bonds is 8. The van der Waals surface area contributed by atoms with Crippen LogP contribution in [0, 0.1) is 11.7 Å². The minimum absolute atomic E-state index is 0.0694. The van der Waals surface area contributed by atoms with Gasteiger partial charge in [0, 0.05) is 17.6 Å². The predicted octanol–water partition coefficient (Wildman–Crippen LogP) is 4.17. The van der Waals surface area contributed by atoms with Crippen LogP contribution in [0.3, 0.4) is 0 Å². The highest BCUT2D eigenvalue weighted by molar-refractivity contribution is 9.10. The molecule has 0 saturated heterocycles. The largest absolute Gasteiger partial charge is 0.380 e. The average Bonchev–Trinajstić information content (AvgIpc) is 2.40. The van der Waals surface area contributed by atoms with Gasteiger partial charge in [-0.25, -0.2) is 4.39 Å². The molecule has 2 unspecified atom stereocenters. The Kier molecular flexibility index (Phi) is 7.70. The Labute approximate surface area is 130 Å². The molecule has 0 fully saturated rings. The lowest BCUT2D eigenvalue weighted by Crippen LogP contribution is -2.45. The third-order valence-corrected chi connectivity index (χ3v) is 3.92. The molecule has 0 saturated carbocycles. The number of methoxy groups -OCH3 is 1. The molecule has 0 aliphatic carbocycles. The molecule has 0 aromatic heterocycles. The molecule has 20 heavy (non-hydrogen) atoms. The quantitative estimate of drug-likeness (QED) is 0.763. The van der Waals surface area contributed by atoms with Crippen molar-refractivity contribution >= 4 is 15.9 Å². The van der Waals surface area contributed by atoms with Gasteiger partial charge in [0.25, 0.3) is 0 Å². The predicted molar refractivity (Wildman–Crippen MR) is 85.5 cm³/mol. The van der Waals surface area contributed by atoms with Crippen LogP contribution in [0.15, 0.2) is 22.7 Å². The molecular formula is C16H25BrFNO. The van der Waals surface area contributed by atoms with Crippen molar-refractivity contribution in [2.45, 2.75) is 45.8 Å². The maximum Gasteiger partial charge on any atom is 0.126 e. The molecule has 1 N–H and O–H groups in total. The first-order valence-corrected chi connectivity index (χ1v) is 7.99. The van der Waals surface area contributed by atoms with E-state index in [4.69, 9.17) is 4.74 Å². The lowest BCUT2D eigenvalue weighted by Gasteiger charge is -2.30. The van der Waals surface area contributed by atoms with Crippen molar-refractivity contribution in [2.75, 3.05) is 13.7 Å². The zero-order valence-electron chi connectivity index (χ0n) is 12.7. The van der Waals surface area contributed by atoms with Gasteiger partial charge in [0.1, 0.15) is 5.82 Å².